The molecule has 0 saturated carbocycles. The van der Waals surface area contributed by atoms with Crippen molar-refractivity contribution in [2.24, 2.45) is 0 Å². The van der Waals surface area contributed by atoms with Crippen LogP contribution in [-0.4, -0.2) is 16.0 Å². The van der Waals surface area contributed by atoms with Gasteiger partial charge in [0.15, 0.2) is 0 Å². The molecule has 1 saturated heterocycles. The summed E-state index contributed by atoms with van der Waals surface area (Å²) in [6.45, 7) is 0.623. The predicted octanol–water partition coefficient (Wildman–Crippen LogP) is 7.31. The Balaban J connectivity index is 1.31. The van der Waals surface area contributed by atoms with E-state index in [0.717, 1.165) is 33.8 Å². The smallest absolute Gasteiger partial charge is 0.293 e. The average molecular weight is 486 g/mol. The number of rotatable bonds is 6. The van der Waals surface area contributed by atoms with E-state index in [9.17, 15) is 9.59 Å². The monoisotopic (exact) mass is 485 g/mol. The maximum absolute atomic E-state index is 12.9. The third-order valence-corrected chi connectivity index (χ3v) is 6.68. The topological polar surface area (TPSA) is 46.6 Å². The number of nitrogens with zero attached hydrogens (tertiary/aromatic N) is 1. The molecule has 4 aromatic carbocycles. The Bertz CT molecular complexity index is 1430. The summed E-state index contributed by atoms with van der Waals surface area (Å²) in [4.78, 5) is 27.0. The molecule has 0 aliphatic carbocycles. The van der Waals surface area contributed by atoms with Crippen LogP contribution in [0.25, 0.3) is 16.8 Å². The summed E-state index contributed by atoms with van der Waals surface area (Å²) in [5.74, 6) is 0.386. The van der Waals surface area contributed by atoms with Gasteiger partial charge in [-0.25, -0.2) is 0 Å². The Morgan fingerprint density at radius 2 is 1.68 bits per heavy atom. The maximum atomic E-state index is 12.9. The molecule has 168 valence electrons. The number of carbonyl (C=O) groups excluding carboxylic acids is 2. The first-order valence-electron chi connectivity index (χ1n) is 10.8. The number of ether oxygens (including phenoxy) is 1. The highest BCUT2D eigenvalue weighted by atomic mass is 35.5. The van der Waals surface area contributed by atoms with Crippen molar-refractivity contribution in [2.75, 3.05) is 0 Å². The number of amides is 2. The summed E-state index contributed by atoms with van der Waals surface area (Å²) in [5, 5.41) is 2.61. The van der Waals surface area contributed by atoms with Crippen LogP contribution in [0.4, 0.5) is 4.79 Å². The summed E-state index contributed by atoms with van der Waals surface area (Å²) >= 11 is 6.97. The molecule has 0 unspecified atom stereocenters. The number of benzene rings is 4. The third-order valence-electron chi connectivity index (χ3n) is 5.53. The molecule has 0 atom stereocenters. The zero-order valence-corrected chi connectivity index (χ0v) is 19.7. The minimum Gasteiger partial charge on any atom is -0.489 e. The summed E-state index contributed by atoms with van der Waals surface area (Å²) in [5.41, 5.74) is 2.70. The third kappa shape index (κ3) is 4.86. The summed E-state index contributed by atoms with van der Waals surface area (Å²) < 4.78 is 6.05. The van der Waals surface area contributed by atoms with Gasteiger partial charge in [-0.15, -0.1) is 0 Å². The zero-order chi connectivity index (χ0) is 23.5. The van der Waals surface area contributed by atoms with Crippen molar-refractivity contribution in [1.29, 1.82) is 0 Å². The Morgan fingerprint density at radius 3 is 2.56 bits per heavy atom. The lowest BCUT2D eigenvalue weighted by Crippen LogP contribution is -2.27. The van der Waals surface area contributed by atoms with Gasteiger partial charge in [0.05, 0.1) is 11.4 Å². The number of thioether (sulfide) groups is 1. The second-order valence-electron chi connectivity index (χ2n) is 7.90. The largest absolute Gasteiger partial charge is 0.489 e. The highest BCUT2D eigenvalue weighted by Gasteiger charge is 2.35. The Kier molecular flexibility index (Phi) is 6.39. The molecule has 4 nitrogen and oxygen atoms in total. The fourth-order valence-electron chi connectivity index (χ4n) is 3.88. The van der Waals surface area contributed by atoms with Crippen molar-refractivity contribution in [1.82, 2.24) is 4.90 Å². The molecule has 34 heavy (non-hydrogen) atoms. The Hall–Kier alpha value is -3.54. The van der Waals surface area contributed by atoms with Gasteiger partial charge in [-0.05, 0) is 69.6 Å². The molecule has 1 aliphatic rings. The fraction of sp³-hybridized carbons (Fsp3) is 0.0714. The molecule has 1 aliphatic heterocycles. The molecular formula is C28H20ClNO3S. The first-order chi connectivity index (χ1) is 16.6. The van der Waals surface area contributed by atoms with E-state index in [1.54, 1.807) is 24.3 Å². The molecule has 0 radical (unpaired) electrons. The molecule has 1 fully saturated rings. The average Bonchev–Trinajstić information content (AvgIpc) is 3.10. The second-order valence-corrected chi connectivity index (χ2v) is 9.33. The zero-order valence-electron chi connectivity index (χ0n) is 18.1. The lowest BCUT2D eigenvalue weighted by atomic mass is 10.1. The van der Waals surface area contributed by atoms with E-state index >= 15 is 0 Å². The molecule has 2 amide bonds. The summed E-state index contributed by atoms with van der Waals surface area (Å²) in [6, 6.07) is 29.0. The second kappa shape index (κ2) is 9.75. The van der Waals surface area contributed by atoms with E-state index in [1.165, 1.54) is 10.3 Å². The van der Waals surface area contributed by atoms with Crippen molar-refractivity contribution in [3.63, 3.8) is 0 Å². The number of hydrogen-bond acceptors (Lipinski definition) is 4. The van der Waals surface area contributed by atoms with Crippen molar-refractivity contribution < 1.29 is 14.3 Å². The van der Waals surface area contributed by atoms with Crippen LogP contribution in [0.1, 0.15) is 16.7 Å². The van der Waals surface area contributed by atoms with Gasteiger partial charge in [0.1, 0.15) is 12.4 Å². The first kappa shape index (κ1) is 22.3. The van der Waals surface area contributed by atoms with E-state index < -0.39 is 0 Å². The predicted molar refractivity (Wildman–Crippen MR) is 138 cm³/mol. The molecular weight excluding hydrogens is 466 g/mol. The fourth-order valence-corrected chi connectivity index (χ4v) is 4.93. The van der Waals surface area contributed by atoms with Gasteiger partial charge in [-0.2, -0.15) is 0 Å². The van der Waals surface area contributed by atoms with Gasteiger partial charge in [-0.3, -0.25) is 14.5 Å². The summed E-state index contributed by atoms with van der Waals surface area (Å²) in [6.07, 6.45) is 1.73. The number of fused-ring (bicyclic) bond motifs is 1. The molecule has 6 heteroatoms. The van der Waals surface area contributed by atoms with Crippen molar-refractivity contribution in [3.8, 4) is 5.75 Å². The van der Waals surface area contributed by atoms with Crippen LogP contribution in [0.3, 0.4) is 0 Å². The normalized spacial score (nSPS) is 14.9. The minimum absolute atomic E-state index is 0.191. The van der Waals surface area contributed by atoms with Crippen LogP contribution in [0.5, 0.6) is 5.75 Å². The highest BCUT2D eigenvalue weighted by Crippen LogP contribution is 2.34. The molecule has 0 N–H and O–H groups in total. The highest BCUT2D eigenvalue weighted by molar-refractivity contribution is 8.18. The molecule has 0 bridgehead atoms. The molecule has 1 heterocycles. The van der Waals surface area contributed by atoms with Crippen LogP contribution in [-0.2, 0) is 17.9 Å². The quantitative estimate of drug-likeness (QED) is 0.269. The van der Waals surface area contributed by atoms with E-state index in [-0.39, 0.29) is 17.7 Å². The van der Waals surface area contributed by atoms with E-state index in [0.29, 0.717) is 22.3 Å². The van der Waals surface area contributed by atoms with Crippen molar-refractivity contribution in [2.45, 2.75) is 13.2 Å². The molecule has 0 spiro atoms. The SMILES string of the molecule is O=C1S/C(=C\c2cccc(OCc3cccc4ccccc34)c2)C(=O)N1Cc1cccc(Cl)c1. The van der Waals surface area contributed by atoms with Gasteiger partial charge < -0.3 is 4.74 Å². The molecule has 5 rings (SSSR count). The van der Waals surface area contributed by atoms with Gasteiger partial charge in [0, 0.05) is 5.02 Å². The van der Waals surface area contributed by atoms with Crippen LogP contribution in [0, 0.1) is 0 Å². The minimum atomic E-state index is -0.308. The van der Waals surface area contributed by atoms with Crippen molar-refractivity contribution in [3.05, 3.63) is 118 Å². The van der Waals surface area contributed by atoms with Crippen LogP contribution in [0.15, 0.2) is 95.9 Å². The van der Waals surface area contributed by atoms with Crippen LogP contribution >= 0.6 is 23.4 Å². The van der Waals surface area contributed by atoms with Gasteiger partial charge in [-0.1, -0.05) is 78.3 Å². The van der Waals surface area contributed by atoms with Crippen LogP contribution < -0.4 is 4.74 Å². The van der Waals surface area contributed by atoms with Gasteiger partial charge >= 0.3 is 0 Å². The van der Waals surface area contributed by atoms with E-state index in [4.69, 9.17) is 16.3 Å². The van der Waals surface area contributed by atoms with Crippen molar-refractivity contribution >= 4 is 51.4 Å². The van der Waals surface area contributed by atoms with Gasteiger partial charge in [0.2, 0.25) is 0 Å². The Morgan fingerprint density at radius 1 is 0.882 bits per heavy atom. The standard InChI is InChI=1S/C28H20ClNO3S/c29-23-11-3-7-20(14-23)17-30-27(31)26(34-28(30)32)16-19-6-4-12-24(15-19)33-18-22-10-5-9-21-8-1-2-13-25(21)22/h1-16H,17-18H2/b26-16-. The Labute approximate surface area is 206 Å². The number of hydrogen-bond donors (Lipinski definition) is 0. The number of carbonyl (C=O) groups is 2. The molecule has 4 aromatic rings. The maximum Gasteiger partial charge on any atom is 0.293 e. The molecule has 0 aromatic heterocycles. The van der Waals surface area contributed by atoms with Gasteiger partial charge in [0.25, 0.3) is 11.1 Å². The lowest BCUT2D eigenvalue weighted by Gasteiger charge is -2.12. The summed E-state index contributed by atoms with van der Waals surface area (Å²) in [7, 11) is 0. The number of halogens is 1. The lowest BCUT2D eigenvalue weighted by molar-refractivity contribution is -0.123. The van der Waals surface area contributed by atoms with Crippen LogP contribution in [0.2, 0.25) is 5.02 Å². The van der Waals surface area contributed by atoms with E-state index in [2.05, 4.69) is 24.3 Å². The number of imide groups is 1. The first-order valence-corrected chi connectivity index (χ1v) is 12.0. The van der Waals surface area contributed by atoms with E-state index in [1.807, 2.05) is 48.5 Å².